The van der Waals surface area contributed by atoms with Gasteiger partial charge in [-0.1, -0.05) is 31.2 Å². The van der Waals surface area contributed by atoms with E-state index < -0.39 is 11.7 Å². The molecule has 0 aromatic heterocycles. The molecule has 4 rings (SSSR count). The minimum atomic E-state index is -4.32. The van der Waals surface area contributed by atoms with Gasteiger partial charge in [0.15, 0.2) is 0 Å². The molecule has 2 aliphatic rings. The van der Waals surface area contributed by atoms with Gasteiger partial charge in [-0.2, -0.15) is 13.2 Å². The standard InChI is InChI=1S/C19H23N3O2.C13H16F3N/c1-24-19-8-6-18(7-9-19)22-12-10-21(11-13-22)17-4-2-16(3-5-17)14-20-15-23;1-5-9(2)11(4)17-8-12(13(14,15)16)7-6-10(17)3/h2-9,15H,10-14H2,1H3,(H,20,23);6-8H,3,5H2,1-2,4H3/b;11-9+. The Balaban J connectivity index is 0.000000241. The van der Waals surface area contributed by atoms with Crippen LogP contribution in [0.3, 0.4) is 0 Å². The van der Waals surface area contributed by atoms with Gasteiger partial charge in [0.25, 0.3) is 0 Å². The Morgan fingerprint density at radius 2 is 1.49 bits per heavy atom. The molecule has 2 aromatic carbocycles. The first kappa shape index (κ1) is 31.4. The fourth-order valence-electron chi connectivity index (χ4n) is 4.47. The molecule has 2 aromatic rings. The van der Waals surface area contributed by atoms with Crippen LogP contribution in [-0.2, 0) is 11.3 Å². The SMILES string of the molecule is C=C1C=CC(C(F)(F)F)=CN1/C(C)=C(\C)CC.COc1ccc(N2CCN(c3ccc(CNC=O)cc3)CC2)cc1. The van der Waals surface area contributed by atoms with Crippen LogP contribution in [-0.4, -0.2) is 50.8 Å². The number of carbonyl (C=O) groups excluding carboxylic acids is 1. The number of ether oxygens (including phenoxy) is 1. The maximum atomic E-state index is 12.6. The second-order valence-electron chi connectivity index (χ2n) is 9.83. The summed E-state index contributed by atoms with van der Waals surface area (Å²) in [7, 11) is 1.69. The number of hydrogen-bond donors (Lipinski definition) is 1. The zero-order chi connectivity index (χ0) is 30.0. The molecule has 0 atom stereocenters. The highest BCUT2D eigenvalue weighted by molar-refractivity contribution is 5.54. The van der Waals surface area contributed by atoms with Crippen LogP contribution in [0.2, 0.25) is 0 Å². The molecular weight excluding hydrogens is 529 g/mol. The average Bonchev–Trinajstić information content (AvgIpc) is 2.99. The van der Waals surface area contributed by atoms with Crippen molar-refractivity contribution in [3.63, 3.8) is 0 Å². The normalized spacial score (nSPS) is 15.9. The van der Waals surface area contributed by atoms with Gasteiger partial charge in [-0.15, -0.1) is 0 Å². The Bertz CT molecular complexity index is 1260. The topological polar surface area (TPSA) is 48.1 Å². The zero-order valence-corrected chi connectivity index (χ0v) is 24.2. The lowest BCUT2D eigenvalue weighted by Crippen LogP contribution is -2.46. The summed E-state index contributed by atoms with van der Waals surface area (Å²) >= 11 is 0. The van der Waals surface area contributed by atoms with Gasteiger partial charge in [-0.3, -0.25) is 4.79 Å². The lowest BCUT2D eigenvalue weighted by atomic mass is 10.1. The quantitative estimate of drug-likeness (QED) is 0.356. The van der Waals surface area contributed by atoms with E-state index in [0.29, 0.717) is 12.2 Å². The number of halogens is 3. The maximum Gasteiger partial charge on any atom is 0.417 e. The number of allylic oxidation sites excluding steroid dienone is 5. The van der Waals surface area contributed by atoms with Crippen LogP contribution in [0.4, 0.5) is 24.5 Å². The van der Waals surface area contributed by atoms with Crippen molar-refractivity contribution in [1.29, 1.82) is 0 Å². The number of anilines is 2. The van der Waals surface area contributed by atoms with Crippen molar-refractivity contribution in [2.24, 2.45) is 0 Å². The third-order valence-corrected chi connectivity index (χ3v) is 7.28. The average molecular weight is 569 g/mol. The number of carbonyl (C=O) groups is 1. The molecule has 2 heterocycles. The first-order valence-corrected chi connectivity index (χ1v) is 13.6. The van der Waals surface area contributed by atoms with Crippen LogP contribution >= 0.6 is 0 Å². The van der Waals surface area contributed by atoms with E-state index in [1.807, 2.05) is 26.0 Å². The number of amides is 1. The maximum absolute atomic E-state index is 12.6. The molecule has 2 aliphatic heterocycles. The molecular formula is C32H39F3N4O2. The van der Waals surface area contributed by atoms with E-state index in [2.05, 4.69) is 58.1 Å². The number of benzene rings is 2. The molecule has 0 unspecified atom stereocenters. The predicted octanol–water partition coefficient (Wildman–Crippen LogP) is 6.79. The number of rotatable bonds is 8. The Morgan fingerprint density at radius 1 is 0.951 bits per heavy atom. The highest BCUT2D eigenvalue weighted by Crippen LogP contribution is 2.32. The van der Waals surface area contributed by atoms with E-state index in [1.165, 1.54) is 22.4 Å². The Labute approximate surface area is 241 Å². The fraction of sp³-hybridized carbons (Fsp3) is 0.344. The number of nitrogens with one attached hydrogen (secondary N) is 1. The predicted molar refractivity (Wildman–Crippen MR) is 160 cm³/mol. The molecule has 1 N–H and O–H groups in total. The molecule has 1 fully saturated rings. The molecule has 0 saturated carbocycles. The summed E-state index contributed by atoms with van der Waals surface area (Å²) in [6.07, 6.45) is 0.732. The Morgan fingerprint density at radius 3 is 1.95 bits per heavy atom. The van der Waals surface area contributed by atoms with Gasteiger partial charge < -0.3 is 24.8 Å². The van der Waals surface area contributed by atoms with Gasteiger partial charge in [-0.05, 0) is 74.4 Å². The molecule has 0 spiro atoms. The number of piperazine rings is 1. The molecule has 0 radical (unpaired) electrons. The van der Waals surface area contributed by atoms with Gasteiger partial charge >= 0.3 is 6.18 Å². The van der Waals surface area contributed by atoms with Crippen LogP contribution < -0.4 is 19.9 Å². The Kier molecular flexibility index (Phi) is 11.1. The van der Waals surface area contributed by atoms with Crippen molar-refractivity contribution in [3.05, 3.63) is 102 Å². The van der Waals surface area contributed by atoms with E-state index in [1.54, 1.807) is 14.0 Å². The number of methoxy groups -OCH3 is 1. The van der Waals surface area contributed by atoms with Crippen LogP contribution in [0.15, 0.2) is 96.0 Å². The molecule has 0 bridgehead atoms. The molecule has 41 heavy (non-hydrogen) atoms. The molecule has 6 nitrogen and oxygen atoms in total. The zero-order valence-electron chi connectivity index (χ0n) is 24.2. The molecule has 1 amide bonds. The van der Waals surface area contributed by atoms with E-state index in [4.69, 9.17) is 4.74 Å². The molecule has 220 valence electrons. The second-order valence-corrected chi connectivity index (χ2v) is 9.83. The Hall–Kier alpha value is -4.14. The van der Waals surface area contributed by atoms with Gasteiger partial charge in [0.05, 0.1) is 12.7 Å². The lowest BCUT2D eigenvalue weighted by Gasteiger charge is -2.37. The third kappa shape index (κ3) is 8.67. The minimum Gasteiger partial charge on any atom is -0.497 e. The summed E-state index contributed by atoms with van der Waals surface area (Å²) in [6.45, 7) is 14.0. The first-order chi connectivity index (χ1) is 19.6. The molecule has 1 saturated heterocycles. The summed E-state index contributed by atoms with van der Waals surface area (Å²) in [5, 5.41) is 2.69. The monoisotopic (exact) mass is 568 g/mol. The van der Waals surface area contributed by atoms with Crippen LogP contribution in [0.25, 0.3) is 0 Å². The smallest absolute Gasteiger partial charge is 0.417 e. The number of alkyl halides is 3. The van der Waals surface area contributed by atoms with Crippen molar-refractivity contribution < 1.29 is 22.7 Å². The molecule has 9 heteroatoms. The van der Waals surface area contributed by atoms with Gasteiger partial charge in [0, 0.05) is 61.7 Å². The molecule has 0 aliphatic carbocycles. The summed E-state index contributed by atoms with van der Waals surface area (Å²) in [4.78, 5) is 16.6. The van der Waals surface area contributed by atoms with Crippen molar-refractivity contribution >= 4 is 17.8 Å². The van der Waals surface area contributed by atoms with Crippen molar-refractivity contribution in [3.8, 4) is 5.75 Å². The van der Waals surface area contributed by atoms with Gasteiger partial charge in [0.2, 0.25) is 6.41 Å². The van der Waals surface area contributed by atoms with Crippen LogP contribution in [0.5, 0.6) is 5.75 Å². The minimum absolute atomic E-state index is 0.545. The summed E-state index contributed by atoms with van der Waals surface area (Å²) in [5.41, 5.74) is 5.31. The first-order valence-electron chi connectivity index (χ1n) is 13.6. The van der Waals surface area contributed by atoms with E-state index in [0.717, 1.165) is 73.9 Å². The highest BCUT2D eigenvalue weighted by atomic mass is 19.4. The highest BCUT2D eigenvalue weighted by Gasteiger charge is 2.34. The lowest BCUT2D eigenvalue weighted by molar-refractivity contribution is -0.109. The summed E-state index contributed by atoms with van der Waals surface area (Å²) < 4.78 is 43.0. The van der Waals surface area contributed by atoms with Gasteiger partial charge in [-0.25, -0.2) is 0 Å². The fourth-order valence-corrected chi connectivity index (χ4v) is 4.47. The van der Waals surface area contributed by atoms with Crippen molar-refractivity contribution in [2.75, 3.05) is 43.1 Å². The third-order valence-electron chi connectivity index (χ3n) is 7.28. The number of hydrogen-bond acceptors (Lipinski definition) is 5. The van der Waals surface area contributed by atoms with Crippen molar-refractivity contribution in [1.82, 2.24) is 10.2 Å². The van der Waals surface area contributed by atoms with E-state index >= 15 is 0 Å². The van der Waals surface area contributed by atoms with E-state index in [-0.39, 0.29) is 0 Å². The van der Waals surface area contributed by atoms with E-state index in [9.17, 15) is 18.0 Å². The van der Waals surface area contributed by atoms with Crippen LogP contribution in [0.1, 0.15) is 32.8 Å². The summed E-state index contributed by atoms with van der Waals surface area (Å²) in [5.74, 6) is 0.890. The largest absolute Gasteiger partial charge is 0.497 e. The summed E-state index contributed by atoms with van der Waals surface area (Å²) in [6, 6.07) is 16.6. The number of nitrogens with zero attached hydrogens (tertiary/aromatic N) is 3. The van der Waals surface area contributed by atoms with Crippen molar-refractivity contribution in [2.45, 2.75) is 39.9 Å². The second kappa shape index (κ2) is 14.5. The van der Waals surface area contributed by atoms with Gasteiger partial charge in [0.1, 0.15) is 5.75 Å². The van der Waals surface area contributed by atoms with Crippen LogP contribution in [0, 0.1) is 0 Å².